The highest BCUT2D eigenvalue weighted by molar-refractivity contribution is 5.96. The Hall–Kier alpha value is -3.05. The number of amides is 1. The summed E-state index contributed by atoms with van der Waals surface area (Å²) in [4.78, 5) is 31.6. The van der Waals surface area contributed by atoms with Gasteiger partial charge in [0.15, 0.2) is 28.6 Å². The van der Waals surface area contributed by atoms with Crippen LogP contribution in [0, 0.1) is 5.41 Å². The van der Waals surface area contributed by atoms with E-state index < -0.39 is 5.41 Å². The maximum Gasteiger partial charge on any atom is 0.287 e. The highest BCUT2D eigenvalue weighted by Crippen LogP contribution is 2.27. The number of ether oxygens (including phenoxy) is 1. The fourth-order valence-corrected chi connectivity index (χ4v) is 3.11. The Bertz CT molecular complexity index is 1050. The number of anilines is 1. The van der Waals surface area contributed by atoms with Gasteiger partial charge in [0, 0.05) is 44.9 Å². The van der Waals surface area contributed by atoms with E-state index in [4.69, 9.17) is 9.72 Å². The first-order valence-corrected chi connectivity index (χ1v) is 9.85. The molecule has 3 aromatic rings. The van der Waals surface area contributed by atoms with Crippen LogP contribution in [-0.4, -0.2) is 80.2 Å². The Kier molecular flexibility index (Phi) is 5.39. The molecule has 0 unspecified atom stereocenters. The number of imidazole rings is 1. The zero-order valence-electron chi connectivity index (χ0n) is 17.3. The van der Waals surface area contributed by atoms with Crippen molar-refractivity contribution in [2.75, 3.05) is 44.4 Å². The van der Waals surface area contributed by atoms with Crippen LogP contribution in [0.25, 0.3) is 22.6 Å². The Balaban J connectivity index is 1.72. The van der Waals surface area contributed by atoms with Crippen molar-refractivity contribution in [3.63, 3.8) is 0 Å². The van der Waals surface area contributed by atoms with E-state index >= 15 is 0 Å². The summed E-state index contributed by atoms with van der Waals surface area (Å²) in [6.45, 7) is 6.58. The number of aromatic amines is 1. The van der Waals surface area contributed by atoms with Crippen LogP contribution in [0.4, 0.5) is 5.82 Å². The summed E-state index contributed by atoms with van der Waals surface area (Å²) in [6.07, 6.45) is 3.54. The van der Waals surface area contributed by atoms with Gasteiger partial charge in [-0.1, -0.05) is 13.8 Å². The lowest BCUT2D eigenvalue weighted by atomic mass is 9.95. The predicted molar refractivity (Wildman–Crippen MR) is 110 cm³/mol. The van der Waals surface area contributed by atoms with Gasteiger partial charge in [0.05, 0.1) is 25.0 Å². The van der Waals surface area contributed by atoms with Gasteiger partial charge < -0.3 is 25.0 Å². The molecule has 1 aliphatic rings. The van der Waals surface area contributed by atoms with Crippen LogP contribution in [0.15, 0.2) is 12.4 Å². The SMILES string of the molecule is Cn1cc(-c2nc(N3CCOCC3)c3nc(C(=O)NCC(C)(C)CO)[nH]c3n2)cn1. The molecular weight excluding hydrogens is 388 g/mol. The molecular formula is C19H26N8O3. The predicted octanol–water partition coefficient (Wildman–Crippen LogP) is 0.338. The van der Waals surface area contributed by atoms with Crippen LogP contribution in [0.3, 0.4) is 0 Å². The molecule has 0 bridgehead atoms. The van der Waals surface area contributed by atoms with Crippen molar-refractivity contribution in [2.24, 2.45) is 12.5 Å². The van der Waals surface area contributed by atoms with Gasteiger partial charge in [0.2, 0.25) is 0 Å². The summed E-state index contributed by atoms with van der Waals surface area (Å²) in [5.41, 5.74) is 1.38. The lowest BCUT2D eigenvalue weighted by molar-refractivity contribution is 0.0902. The van der Waals surface area contributed by atoms with Crippen LogP contribution in [-0.2, 0) is 11.8 Å². The molecule has 0 radical (unpaired) electrons. The van der Waals surface area contributed by atoms with E-state index in [9.17, 15) is 9.90 Å². The van der Waals surface area contributed by atoms with Crippen molar-refractivity contribution in [3.8, 4) is 11.4 Å². The molecule has 4 heterocycles. The first-order chi connectivity index (χ1) is 14.4. The zero-order valence-corrected chi connectivity index (χ0v) is 17.3. The van der Waals surface area contributed by atoms with Crippen LogP contribution in [0.1, 0.15) is 24.5 Å². The van der Waals surface area contributed by atoms with E-state index in [0.29, 0.717) is 55.7 Å². The van der Waals surface area contributed by atoms with Gasteiger partial charge >= 0.3 is 0 Å². The van der Waals surface area contributed by atoms with Crippen molar-refractivity contribution in [1.82, 2.24) is 35.0 Å². The van der Waals surface area contributed by atoms with Crippen molar-refractivity contribution < 1.29 is 14.6 Å². The number of nitrogens with one attached hydrogen (secondary N) is 2. The van der Waals surface area contributed by atoms with Gasteiger partial charge in [-0.2, -0.15) is 5.10 Å². The molecule has 1 aliphatic heterocycles. The van der Waals surface area contributed by atoms with E-state index in [1.165, 1.54) is 0 Å². The molecule has 0 aliphatic carbocycles. The normalized spacial score (nSPS) is 15.0. The third-order valence-corrected chi connectivity index (χ3v) is 4.97. The molecule has 11 heteroatoms. The maximum atomic E-state index is 12.6. The summed E-state index contributed by atoms with van der Waals surface area (Å²) >= 11 is 0. The van der Waals surface area contributed by atoms with E-state index in [1.54, 1.807) is 10.9 Å². The first kappa shape index (κ1) is 20.2. The largest absolute Gasteiger partial charge is 0.396 e. The Morgan fingerprint density at radius 1 is 1.30 bits per heavy atom. The van der Waals surface area contributed by atoms with Crippen LogP contribution >= 0.6 is 0 Å². The number of aromatic nitrogens is 6. The number of hydrogen-bond donors (Lipinski definition) is 3. The molecule has 160 valence electrons. The summed E-state index contributed by atoms with van der Waals surface area (Å²) in [5, 5.41) is 16.4. The fourth-order valence-electron chi connectivity index (χ4n) is 3.11. The third-order valence-electron chi connectivity index (χ3n) is 4.97. The van der Waals surface area contributed by atoms with Crippen LogP contribution in [0.5, 0.6) is 0 Å². The fraction of sp³-hybridized carbons (Fsp3) is 0.526. The number of morpholine rings is 1. The van der Waals surface area contributed by atoms with E-state index in [2.05, 4.69) is 30.3 Å². The standard InChI is InChI=1S/C19H26N8O3/c1-19(2,11-28)10-20-18(29)16-22-13-15(24-16)23-14(12-8-21-26(3)9-12)25-17(13)27-4-6-30-7-5-27/h8-9,28H,4-7,10-11H2,1-3H3,(H,20,29)(H,22,23,24,25). The third kappa shape index (κ3) is 4.12. The molecule has 1 amide bonds. The van der Waals surface area contributed by atoms with Crippen LogP contribution in [0.2, 0.25) is 0 Å². The molecule has 1 saturated heterocycles. The summed E-state index contributed by atoms with van der Waals surface area (Å²) < 4.78 is 7.14. The highest BCUT2D eigenvalue weighted by atomic mass is 16.5. The summed E-state index contributed by atoms with van der Waals surface area (Å²) in [6, 6.07) is 0. The number of nitrogens with zero attached hydrogens (tertiary/aromatic N) is 6. The quantitative estimate of drug-likeness (QED) is 0.526. The number of carbonyl (C=O) groups is 1. The summed E-state index contributed by atoms with van der Waals surface area (Å²) in [7, 11) is 1.83. The monoisotopic (exact) mass is 414 g/mol. The smallest absolute Gasteiger partial charge is 0.287 e. The Morgan fingerprint density at radius 2 is 2.07 bits per heavy atom. The minimum absolute atomic E-state index is 0.0332. The van der Waals surface area contributed by atoms with Gasteiger partial charge in [0.1, 0.15) is 0 Å². The number of hydrogen-bond acceptors (Lipinski definition) is 8. The van der Waals surface area contributed by atoms with E-state index in [0.717, 1.165) is 5.56 Å². The average Bonchev–Trinajstić information content (AvgIpc) is 3.38. The minimum Gasteiger partial charge on any atom is -0.396 e. The second-order valence-corrected chi connectivity index (χ2v) is 8.16. The maximum absolute atomic E-state index is 12.6. The first-order valence-electron chi connectivity index (χ1n) is 9.85. The van der Waals surface area contributed by atoms with Crippen molar-refractivity contribution in [1.29, 1.82) is 0 Å². The molecule has 3 N–H and O–H groups in total. The van der Waals surface area contributed by atoms with Gasteiger partial charge in [-0.15, -0.1) is 0 Å². The number of H-pyrrole nitrogens is 1. The lowest BCUT2D eigenvalue weighted by Crippen LogP contribution is -2.37. The number of aliphatic hydroxyl groups is 1. The second-order valence-electron chi connectivity index (χ2n) is 8.16. The Morgan fingerprint density at radius 3 is 2.73 bits per heavy atom. The minimum atomic E-state index is -0.423. The van der Waals surface area contributed by atoms with Crippen molar-refractivity contribution in [3.05, 3.63) is 18.2 Å². The van der Waals surface area contributed by atoms with Gasteiger partial charge in [-0.3, -0.25) is 9.48 Å². The molecule has 0 saturated carbocycles. The molecule has 30 heavy (non-hydrogen) atoms. The van der Waals surface area contributed by atoms with E-state index in [1.807, 2.05) is 27.1 Å². The number of rotatable bonds is 6. The highest BCUT2D eigenvalue weighted by Gasteiger charge is 2.24. The number of aryl methyl sites for hydroxylation is 1. The number of carbonyl (C=O) groups excluding carboxylic acids is 1. The Labute approximate surface area is 173 Å². The van der Waals surface area contributed by atoms with E-state index in [-0.39, 0.29) is 18.3 Å². The van der Waals surface area contributed by atoms with Crippen molar-refractivity contribution in [2.45, 2.75) is 13.8 Å². The average molecular weight is 414 g/mol. The molecule has 0 spiro atoms. The van der Waals surface area contributed by atoms with Crippen molar-refractivity contribution >= 4 is 22.9 Å². The van der Waals surface area contributed by atoms with Crippen LogP contribution < -0.4 is 10.2 Å². The second kappa shape index (κ2) is 8.00. The lowest BCUT2D eigenvalue weighted by Gasteiger charge is -2.27. The van der Waals surface area contributed by atoms with Gasteiger partial charge in [-0.25, -0.2) is 15.0 Å². The molecule has 4 rings (SSSR count). The number of aliphatic hydroxyl groups excluding tert-OH is 1. The summed E-state index contributed by atoms with van der Waals surface area (Å²) in [5.74, 6) is 0.971. The molecule has 1 fully saturated rings. The molecule has 3 aromatic heterocycles. The molecule has 0 aromatic carbocycles. The van der Waals surface area contributed by atoms with Gasteiger partial charge in [-0.05, 0) is 0 Å². The zero-order chi connectivity index (χ0) is 21.3. The van der Waals surface area contributed by atoms with Gasteiger partial charge in [0.25, 0.3) is 5.91 Å². The number of fused-ring (bicyclic) bond motifs is 1. The topological polar surface area (TPSA) is 134 Å². The molecule has 0 atom stereocenters. The molecule has 11 nitrogen and oxygen atoms in total.